The normalized spacial score (nSPS) is 19.7. The molecule has 0 spiro atoms. The average molecular weight is 399 g/mol. The van der Waals surface area contributed by atoms with Gasteiger partial charge in [0, 0.05) is 31.9 Å². The summed E-state index contributed by atoms with van der Waals surface area (Å²) in [5.41, 5.74) is 1.43. The molecule has 0 radical (unpaired) electrons. The molecule has 1 aliphatic heterocycles. The number of halogens is 1. The lowest BCUT2D eigenvalue weighted by atomic mass is 9.89. The number of carbonyl (C=O) groups excluding carboxylic acids is 2. The number of anilines is 1. The molecule has 1 aromatic heterocycles. The molecule has 0 bridgehead atoms. The van der Waals surface area contributed by atoms with E-state index >= 15 is 0 Å². The van der Waals surface area contributed by atoms with Gasteiger partial charge in [0.2, 0.25) is 5.91 Å². The Balaban J connectivity index is 2.10. The number of amides is 2. The molecule has 1 fully saturated rings. The zero-order chi connectivity index (χ0) is 20.1. The molecule has 1 saturated heterocycles. The molecule has 150 valence electrons. The monoisotopic (exact) mass is 398 g/mol. The van der Waals surface area contributed by atoms with Crippen LogP contribution in [0.3, 0.4) is 0 Å². The Labute approximate surface area is 164 Å². The summed E-state index contributed by atoms with van der Waals surface area (Å²) in [4.78, 5) is 32.8. The van der Waals surface area contributed by atoms with Crippen LogP contribution in [0.15, 0.2) is 18.3 Å². The SMILES string of the molecule is CC(C)C[C@H](C(=O)N1CCN(c2ccc(Cl)cn2)C[C@H]1C)C(O)C(=O)NO. The van der Waals surface area contributed by atoms with Gasteiger partial charge in [0.05, 0.1) is 10.9 Å². The second-order valence-corrected chi connectivity index (χ2v) is 7.75. The van der Waals surface area contributed by atoms with Crippen molar-refractivity contribution in [2.45, 2.75) is 39.3 Å². The van der Waals surface area contributed by atoms with Crippen LogP contribution < -0.4 is 10.4 Å². The van der Waals surface area contributed by atoms with E-state index in [1.165, 1.54) is 5.48 Å². The van der Waals surface area contributed by atoms with Gasteiger partial charge >= 0.3 is 0 Å². The van der Waals surface area contributed by atoms with Crippen molar-refractivity contribution in [3.63, 3.8) is 0 Å². The number of nitrogens with zero attached hydrogens (tertiary/aromatic N) is 3. The van der Waals surface area contributed by atoms with E-state index in [0.717, 1.165) is 5.82 Å². The van der Waals surface area contributed by atoms with E-state index in [0.29, 0.717) is 31.1 Å². The number of hydrogen-bond donors (Lipinski definition) is 3. The van der Waals surface area contributed by atoms with Gasteiger partial charge in [-0.2, -0.15) is 0 Å². The first-order chi connectivity index (χ1) is 12.7. The largest absolute Gasteiger partial charge is 0.382 e. The highest BCUT2D eigenvalue weighted by atomic mass is 35.5. The van der Waals surface area contributed by atoms with E-state index in [-0.39, 0.29) is 17.9 Å². The number of aliphatic hydroxyl groups excluding tert-OH is 1. The van der Waals surface area contributed by atoms with Crippen LogP contribution in [-0.2, 0) is 9.59 Å². The summed E-state index contributed by atoms with van der Waals surface area (Å²) in [5.74, 6) is -1.26. The first-order valence-corrected chi connectivity index (χ1v) is 9.41. The van der Waals surface area contributed by atoms with Crippen LogP contribution in [0, 0.1) is 11.8 Å². The summed E-state index contributed by atoms with van der Waals surface area (Å²) in [6.45, 7) is 7.37. The maximum atomic E-state index is 13.0. The molecular formula is C18H27ClN4O4. The number of carbonyl (C=O) groups is 2. The summed E-state index contributed by atoms with van der Waals surface area (Å²) in [6, 6.07) is 3.49. The number of rotatable bonds is 6. The number of aromatic nitrogens is 1. The molecule has 2 amide bonds. The van der Waals surface area contributed by atoms with Gasteiger partial charge in [-0.3, -0.25) is 14.8 Å². The van der Waals surface area contributed by atoms with Gasteiger partial charge in [-0.1, -0.05) is 25.4 Å². The molecule has 3 atom stereocenters. The van der Waals surface area contributed by atoms with Crippen LogP contribution in [0.25, 0.3) is 0 Å². The van der Waals surface area contributed by atoms with Crippen molar-refractivity contribution >= 4 is 29.2 Å². The van der Waals surface area contributed by atoms with E-state index in [9.17, 15) is 14.7 Å². The number of hydrogen-bond acceptors (Lipinski definition) is 6. The Morgan fingerprint density at radius 3 is 2.59 bits per heavy atom. The topological polar surface area (TPSA) is 106 Å². The molecule has 2 rings (SSSR count). The van der Waals surface area contributed by atoms with Gasteiger partial charge in [0.1, 0.15) is 11.9 Å². The Morgan fingerprint density at radius 1 is 1.37 bits per heavy atom. The third-order valence-corrected chi connectivity index (χ3v) is 4.97. The molecule has 1 unspecified atom stereocenters. The van der Waals surface area contributed by atoms with Crippen molar-refractivity contribution in [2.24, 2.45) is 11.8 Å². The molecule has 1 aromatic rings. The zero-order valence-electron chi connectivity index (χ0n) is 15.8. The van der Waals surface area contributed by atoms with E-state index < -0.39 is 17.9 Å². The summed E-state index contributed by atoms with van der Waals surface area (Å²) < 4.78 is 0. The maximum Gasteiger partial charge on any atom is 0.272 e. The predicted octanol–water partition coefficient (Wildman–Crippen LogP) is 1.30. The van der Waals surface area contributed by atoms with Crippen LogP contribution in [-0.4, -0.2) is 63.8 Å². The fourth-order valence-electron chi connectivity index (χ4n) is 3.38. The molecule has 8 nitrogen and oxygen atoms in total. The Kier molecular flexibility index (Phi) is 7.41. The van der Waals surface area contributed by atoms with E-state index in [1.807, 2.05) is 26.8 Å². The molecule has 0 saturated carbocycles. The molecule has 2 heterocycles. The molecule has 1 aliphatic rings. The minimum absolute atomic E-state index is 0.106. The van der Waals surface area contributed by atoms with Gasteiger partial charge in [-0.15, -0.1) is 0 Å². The van der Waals surface area contributed by atoms with Crippen molar-refractivity contribution in [1.29, 1.82) is 0 Å². The fraction of sp³-hybridized carbons (Fsp3) is 0.611. The Hall–Kier alpha value is -1.90. The smallest absolute Gasteiger partial charge is 0.272 e. The molecule has 0 aromatic carbocycles. The zero-order valence-corrected chi connectivity index (χ0v) is 16.6. The van der Waals surface area contributed by atoms with Crippen LogP contribution in [0.4, 0.5) is 5.82 Å². The predicted molar refractivity (Wildman–Crippen MR) is 102 cm³/mol. The molecule has 0 aliphatic carbocycles. The highest BCUT2D eigenvalue weighted by Crippen LogP contribution is 2.24. The molecular weight excluding hydrogens is 372 g/mol. The Bertz CT molecular complexity index is 655. The lowest BCUT2D eigenvalue weighted by Crippen LogP contribution is -2.57. The van der Waals surface area contributed by atoms with E-state index in [2.05, 4.69) is 9.88 Å². The molecule has 3 N–H and O–H groups in total. The number of hydroxylamine groups is 1. The van der Waals surface area contributed by atoms with Crippen LogP contribution in [0.5, 0.6) is 0 Å². The number of nitrogens with one attached hydrogen (secondary N) is 1. The highest BCUT2D eigenvalue weighted by molar-refractivity contribution is 6.30. The van der Waals surface area contributed by atoms with Gasteiger partial charge in [0.25, 0.3) is 5.91 Å². The average Bonchev–Trinajstić information content (AvgIpc) is 2.64. The standard InChI is InChI=1S/C18H27ClN4O4/c1-11(2)8-14(16(24)17(25)21-27)18(26)23-7-6-22(10-12(23)3)15-5-4-13(19)9-20-15/h4-5,9,11-12,14,16,24,27H,6-8,10H2,1-3H3,(H,21,25)/t12-,14+,16?/m1/s1. The highest BCUT2D eigenvalue weighted by Gasteiger charge is 2.38. The van der Waals surface area contributed by atoms with Crippen molar-refractivity contribution in [1.82, 2.24) is 15.4 Å². The Morgan fingerprint density at radius 2 is 2.07 bits per heavy atom. The summed E-state index contributed by atoms with van der Waals surface area (Å²) in [6.07, 6.45) is 0.341. The fourth-order valence-corrected chi connectivity index (χ4v) is 3.49. The third-order valence-electron chi connectivity index (χ3n) is 4.75. The first kappa shape index (κ1) is 21.4. The van der Waals surface area contributed by atoms with Crippen molar-refractivity contribution in [2.75, 3.05) is 24.5 Å². The second-order valence-electron chi connectivity index (χ2n) is 7.32. The van der Waals surface area contributed by atoms with Gasteiger partial charge < -0.3 is 14.9 Å². The van der Waals surface area contributed by atoms with Gasteiger partial charge in [-0.25, -0.2) is 10.5 Å². The van der Waals surface area contributed by atoms with Crippen molar-refractivity contribution in [3.8, 4) is 0 Å². The maximum absolute atomic E-state index is 13.0. The van der Waals surface area contributed by atoms with Crippen LogP contribution >= 0.6 is 11.6 Å². The van der Waals surface area contributed by atoms with Crippen LogP contribution in [0.1, 0.15) is 27.2 Å². The number of aliphatic hydroxyl groups is 1. The summed E-state index contributed by atoms with van der Waals surface area (Å²) in [7, 11) is 0. The minimum atomic E-state index is -1.59. The number of piperazine rings is 1. The summed E-state index contributed by atoms with van der Waals surface area (Å²) >= 11 is 5.88. The second kappa shape index (κ2) is 9.34. The lowest BCUT2D eigenvalue weighted by molar-refractivity contribution is -0.152. The molecule has 27 heavy (non-hydrogen) atoms. The van der Waals surface area contributed by atoms with E-state index in [4.69, 9.17) is 16.8 Å². The van der Waals surface area contributed by atoms with E-state index in [1.54, 1.807) is 17.2 Å². The third kappa shape index (κ3) is 5.31. The van der Waals surface area contributed by atoms with Crippen molar-refractivity contribution in [3.05, 3.63) is 23.4 Å². The quantitative estimate of drug-likeness (QED) is 0.492. The first-order valence-electron chi connectivity index (χ1n) is 9.03. The van der Waals surface area contributed by atoms with Crippen molar-refractivity contribution < 1.29 is 19.9 Å². The molecule has 9 heteroatoms. The van der Waals surface area contributed by atoms with Gasteiger partial charge in [0.15, 0.2) is 0 Å². The van der Waals surface area contributed by atoms with Crippen LogP contribution in [0.2, 0.25) is 5.02 Å². The minimum Gasteiger partial charge on any atom is -0.382 e. The number of pyridine rings is 1. The lowest BCUT2D eigenvalue weighted by Gasteiger charge is -2.42. The van der Waals surface area contributed by atoms with Gasteiger partial charge in [-0.05, 0) is 31.4 Å². The summed E-state index contributed by atoms with van der Waals surface area (Å²) in [5, 5.41) is 19.6.